The lowest BCUT2D eigenvalue weighted by molar-refractivity contribution is 0.706. The summed E-state index contributed by atoms with van der Waals surface area (Å²) in [6.07, 6.45) is 4.57. The molecule has 0 saturated heterocycles. The SMILES string of the molecule is CCCNCC(=Cc1scnc1C)CC. The zero-order valence-corrected chi connectivity index (χ0v) is 10.7. The second-order valence-corrected chi connectivity index (χ2v) is 4.52. The third kappa shape index (κ3) is 4.14. The second-order valence-electron chi connectivity index (χ2n) is 3.63. The molecule has 0 aliphatic heterocycles. The second kappa shape index (κ2) is 6.75. The number of nitrogens with one attached hydrogen (secondary N) is 1. The highest BCUT2D eigenvalue weighted by atomic mass is 32.1. The average Bonchev–Trinajstić information content (AvgIpc) is 2.63. The Morgan fingerprint density at radius 2 is 2.33 bits per heavy atom. The van der Waals surface area contributed by atoms with E-state index < -0.39 is 0 Å². The molecule has 1 aromatic rings. The van der Waals surface area contributed by atoms with Gasteiger partial charge in [-0.1, -0.05) is 19.4 Å². The molecule has 15 heavy (non-hydrogen) atoms. The van der Waals surface area contributed by atoms with Gasteiger partial charge in [-0.2, -0.15) is 0 Å². The van der Waals surface area contributed by atoms with Crippen LogP contribution in [-0.2, 0) is 0 Å². The first-order valence-electron chi connectivity index (χ1n) is 5.58. The van der Waals surface area contributed by atoms with Gasteiger partial charge < -0.3 is 5.32 Å². The van der Waals surface area contributed by atoms with E-state index in [0.717, 1.165) is 25.2 Å². The zero-order chi connectivity index (χ0) is 11.1. The van der Waals surface area contributed by atoms with Crippen LogP contribution in [0.1, 0.15) is 37.3 Å². The first-order valence-corrected chi connectivity index (χ1v) is 6.46. The third-order valence-electron chi connectivity index (χ3n) is 2.35. The van der Waals surface area contributed by atoms with Crippen molar-refractivity contribution in [1.82, 2.24) is 10.3 Å². The molecule has 84 valence electrons. The molecule has 0 aliphatic carbocycles. The molecule has 1 rings (SSSR count). The van der Waals surface area contributed by atoms with Gasteiger partial charge in [0.15, 0.2) is 0 Å². The summed E-state index contributed by atoms with van der Waals surface area (Å²) < 4.78 is 0. The number of hydrogen-bond donors (Lipinski definition) is 1. The summed E-state index contributed by atoms with van der Waals surface area (Å²) in [5.41, 5.74) is 4.51. The fourth-order valence-corrected chi connectivity index (χ4v) is 2.12. The summed E-state index contributed by atoms with van der Waals surface area (Å²) in [5, 5.41) is 3.43. The number of thiazole rings is 1. The normalized spacial score (nSPS) is 12.1. The van der Waals surface area contributed by atoms with E-state index in [9.17, 15) is 0 Å². The summed E-state index contributed by atoms with van der Waals surface area (Å²) in [6, 6.07) is 0. The minimum atomic E-state index is 1.00. The van der Waals surface area contributed by atoms with E-state index in [1.165, 1.54) is 16.9 Å². The van der Waals surface area contributed by atoms with Crippen LogP contribution < -0.4 is 5.32 Å². The van der Waals surface area contributed by atoms with E-state index in [1.54, 1.807) is 11.3 Å². The lowest BCUT2D eigenvalue weighted by Gasteiger charge is -2.05. The fraction of sp³-hybridized carbons (Fsp3) is 0.583. The highest BCUT2D eigenvalue weighted by molar-refractivity contribution is 7.10. The van der Waals surface area contributed by atoms with Gasteiger partial charge in [0.25, 0.3) is 0 Å². The van der Waals surface area contributed by atoms with E-state index in [4.69, 9.17) is 0 Å². The van der Waals surface area contributed by atoms with Gasteiger partial charge in [-0.3, -0.25) is 0 Å². The van der Waals surface area contributed by atoms with Crippen molar-refractivity contribution >= 4 is 17.4 Å². The monoisotopic (exact) mass is 224 g/mol. The Morgan fingerprint density at radius 1 is 1.53 bits per heavy atom. The predicted octanol–water partition coefficient (Wildman–Crippen LogP) is 3.24. The van der Waals surface area contributed by atoms with Gasteiger partial charge in [-0.25, -0.2) is 4.98 Å². The molecule has 0 spiro atoms. The fourth-order valence-electron chi connectivity index (χ4n) is 1.34. The van der Waals surface area contributed by atoms with Crippen LogP contribution in [0.15, 0.2) is 11.1 Å². The van der Waals surface area contributed by atoms with E-state index >= 15 is 0 Å². The van der Waals surface area contributed by atoms with E-state index in [2.05, 4.69) is 37.1 Å². The van der Waals surface area contributed by atoms with Crippen molar-refractivity contribution in [3.8, 4) is 0 Å². The summed E-state index contributed by atoms with van der Waals surface area (Å²) in [7, 11) is 0. The Hall–Kier alpha value is -0.670. The van der Waals surface area contributed by atoms with Crippen molar-refractivity contribution in [2.24, 2.45) is 0 Å². The molecule has 0 aliphatic rings. The first kappa shape index (κ1) is 12.4. The zero-order valence-electron chi connectivity index (χ0n) is 9.84. The number of nitrogens with zero attached hydrogens (tertiary/aromatic N) is 1. The van der Waals surface area contributed by atoms with Crippen LogP contribution in [0.25, 0.3) is 6.08 Å². The van der Waals surface area contributed by atoms with Gasteiger partial charge in [0, 0.05) is 11.4 Å². The lowest BCUT2D eigenvalue weighted by atomic mass is 10.1. The Kier molecular flexibility index (Phi) is 5.58. The van der Waals surface area contributed by atoms with Crippen LogP contribution >= 0.6 is 11.3 Å². The maximum absolute atomic E-state index is 4.25. The maximum Gasteiger partial charge on any atom is 0.0801 e. The van der Waals surface area contributed by atoms with Gasteiger partial charge >= 0.3 is 0 Å². The number of hydrogen-bond acceptors (Lipinski definition) is 3. The summed E-state index contributed by atoms with van der Waals surface area (Å²) >= 11 is 1.72. The first-order chi connectivity index (χ1) is 7.27. The molecule has 1 N–H and O–H groups in total. The third-order valence-corrected chi connectivity index (χ3v) is 3.23. The largest absolute Gasteiger partial charge is 0.313 e. The number of aromatic nitrogens is 1. The van der Waals surface area contributed by atoms with Crippen LogP contribution in [0.4, 0.5) is 0 Å². The maximum atomic E-state index is 4.25. The standard InChI is InChI=1S/C12H20N2S/c1-4-6-13-8-11(5-2)7-12-10(3)14-9-15-12/h7,9,13H,4-6,8H2,1-3H3. The smallest absolute Gasteiger partial charge is 0.0801 e. The predicted molar refractivity (Wildman–Crippen MR) is 68.3 cm³/mol. The quantitative estimate of drug-likeness (QED) is 0.750. The van der Waals surface area contributed by atoms with Crippen molar-refractivity contribution in [2.45, 2.75) is 33.6 Å². The molecular weight excluding hydrogens is 204 g/mol. The van der Waals surface area contributed by atoms with Crippen molar-refractivity contribution < 1.29 is 0 Å². The molecule has 0 unspecified atom stereocenters. The molecule has 0 aromatic carbocycles. The van der Waals surface area contributed by atoms with Crippen LogP contribution in [0, 0.1) is 6.92 Å². The van der Waals surface area contributed by atoms with E-state index in [-0.39, 0.29) is 0 Å². The molecule has 0 amide bonds. The van der Waals surface area contributed by atoms with E-state index in [1.807, 2.05) is 5.51 Å². The number of rotatable bonds is 6. The van der Waals surface area contributed by atoms with Gasteiger partial charge in [0.1, 0.15) is 0 Å². The summed E-state index contributed by atoms with van der Waals surface area (Å²) in [4.78, 5) is 5.55. The van der Waals surface area contributed by atoms with E-state index in [0.29, 0.717) is 0 Å². The van der Waals surface area contributed by atoms with Crippen molar-refractivity contribution in [3.05, 3.63) is 21.7 Å². The molecule has 1 aromatic heterocycles. The Morgan fingerprint density at radius 3 is 2.87 bits per heavy atom. The van der Waals surface area contributed by atoms with Crippen molar-refractivity contribution in [1.29, 1.82) is 0 Å². The van der Waals surface area contributed by atoms with Gasteiger partial charge in [-0.05, 0) is 32.4 Å². The highest BCUT2D eigenvalue weighted by Gasteiger charge is 2.00. The molecule has 0 fully saturated rings. The van der Waals surface area contributed by atoms with Gasteiger partial charge in [-0.15, -0.1) is 11.3 Å². The topological polar surface area (TPSA) is 24.9 Å². The van der Waals surface area contributed by atoms with Crippen LogP contribution in [0.3, 0.4) is 0 Å². The molecule has 2 nitrogen and oxygen atoms in total. The molecule has 3 heteroatoms. The van der Waals surface area contributed by atoms with Crippen LogP contribution in [-0.4, -0.2) is 18.1 Å². The van der Waals surface area contributed by atoms with Crippen LogP contribution in [0.2, 0.25) is 0 Å². The molecule has 0 atom stereocenters. The Labute approximate surface area is 96.4 Å². The Bertz CT molecular complexity index is 315. The minimum absolute atomic E-state index is 1.00. The van der Waals surface area contributed by atoms with Gasteiger partial charge in [0.05, 0.1) is 11.2 Å². The molecular formula is C12H20N2S. The molecule has 0 bridgehead atoms. The Balaban J connectivity index is 2.57. The molecule has 1 heterocycles. The summed E-state index contributed by atoms with van der Waals surface area (Å²) in [6.45, 7) is 8.56. The van der Waals surface area contributed by atoms with Crippen molar-refractivity contribution in [3.63, 3.8) is 0 Å². The highest BCUT2D eigenvalue weighted by Crippen LogP contribution is 2.17. The van der Waals surface area contributed by atoms with Crippen LogP contribution in [0.5, 0.6) is 0 Å². The van der Waals surface area contributed by atoms with Gasteiger partial charge in [0.2, 0.25) is 0 Å². The lowest BCUT2D eigenvalue weighted by Crippen LogP contribution is -2.17. The summed E-state index contributed by atoms with van der Waals surface area (Å²) in [5.74, 6) is 0. The minimum Gasteiger partial charge on any atom is -0.313 e. The number of aryl methyl sites for hydroxylation is 1. The molecule has 0 radical (unpaired) electrons. The average molecular weight is 224 g/mol. The molecule has 0 saturated carbocycles. The van der Waals surface area contributed by atoms with Crippen molar-refractivity contribution in [2.75, 3.05) is 13.1 Å².